The second-order valence-corrected chi connectivity index (χ2v) is 10.6. The van der Waals surface area contributed by atoms with E-state index >= 15 is 0 Å². The van der Waals surface area contributed by atoms with Gasteiger partial charge < -0.3 is 24.1 Å². The summed E-state index contributed by atoms with van der Waals surface area (Å²) in [5.74, 6) is 0.138. The molecular formula is C25H38O6. The average molecular weight is 435 g/mol. The van der Waals surface area contributed by atoms with Crippen LogP contribution in [0, 0.1) is 22.7 Å². The summed E-state index contributed by atoms with van der Waals surface area (Å²) in [6, 6.07) is 0. The molecule has 3 aliphatic carbocycles. The lowest BCUT2D eigenvalue weighted by Gasteiger charge is -2.58. The van der Waals surface area contributed by atoms with Gasteiger partial charge in [0.05, 0.1) is 24.9 Å². The third-order valence-electron chi connectivity index (χ3n) is 8.75. The highest BCUT2D eigenvalue weighted by Gasteiger charge is 2.62. The van der Waals surface area contributed by atoms with Gasteiger partial charge in [-0.3, -0.25) is 4.79 Å². The first kappa shape index (κ1) is 22.9. The molecule has 2 saturated carbocycles. The van der Waals surface area contributed by atoms with E-state index in [1.165, 1.54) is 12.5 Å². The van der Waals surface area contributed by atoms with Crippen LogP contribution in [0.5, 0.6) is 0 Å². The average Bonchev–Trinajstić information content (AvgIpc) is 3.04. The number of aliphatic hydroxyl groups is 1. The van der Waals surface area contributed by atoms with Gasteiger partial charge in [0.25, 0.3) is 0 Å². The number of carbonyl (C=O) groups excluding carboxylic acids is 2. The number of unbranched alkanes of at least 4 members (excludes halogenated alkanes) is 2. The van der Waals surface area contributed by atoms with Gasteiger partial charge in [-0.2, -0.15) is 0 Å². The zero-order valence-electron chi connectivity index (χ0n) is 19.2. The Bertz CT molecular complexity index is 719. The lowest BCUT2D eigenvalue weighted by molar-refractivity contribution is -0.157. The van der Waals surface area contributed by atoms with Crippen LogP contribution in [-0.4, -0.2) is 55.0 Å². The summed E-state index contributed by atoms with van der Waals surface area (Å²) >= 11 is 0. The SMILES string of the molecule is CC(=O)O[C@H]1COC2C3C(CC[C@@]21C)[C@@]1(C)CC[C@H](OCCCCC=O)CC1=C[C@@H]3O. The summed E-state index contributed by atoms with van der Waals surface area (Å²) in [7, 11) is 0. The minimum atomic E-state index is -0.542. The van der Waals surface area contributed by atoms with E-state index in [0.29, 0.717) is 25.6 Å². The number of aliphatic hydroxyl groups excluding tert-OH is 1. The zero-order valence-corrected chi connectivity index (χ0v) is 19.2. The number of esters is 1. The Kier molecular flexibility index (Phi) is 6.62. The standard InChI is InChI=1S/C25H38O6/c1-16(27)31-21-15-30-23-22-19(8-10-25(21,23)3)24(2)9-7-18(13-17(24)14-20(22)28)29-12-6-4-5-11-26/h11,14,18-23,28H,4-10,12-13,15H2,1-3H3/t18-,19?,20-,21-,22?,23?,24-,25+/m0/s1. The van der Waals surface area contributed by atoms with Crippen molar-refractivity contribution in [1.82, 2.24) is 0 Å². The number of rotatable bonds is 7. The van der Waals surface area contributed by atoms with Crippen LogP contribution >= 0.6 is 0 Å². The molecule has 0 amide bonds. The Labute approximate surface area is 185 Å². The van der Waals surface area contributed by atoms with E-state index in [0.717, 1.165) is 51.2 Å². The number of carbonyl (C=O) groups is 2. The lowest BCUT2D eigenvalue weighted by Crippen LogP contribution is -2.58. The normalized spacial score (nSPS) is 43.9. The van der Waals surface area contributed by atoms with Crippen LogP contribution in [-0.2, 0) is 23.8 Å². The molecule has 1 aliphatic heterocycles. The second kappa shape index (κ2) is 8.95. The molecule has 4 aliphatic rings. The van der Waals surface area contributed by atoms with E-state index in [9.17, 15) is 14.7 Å². The van der Waals surface area contributed by atoms with Gasteiger partial charge in [-0.1, -0.05) is 25.5 Å². The Balaban J connectivity index is 1.47. The van der Waals surface area contributed by atoms with Crippen LogP contribution in [0.2, 0.25) is 0 Å². The molecule has 1 heterocycles. The minimum Gasteiger partial charge on any atom is -0.459 e. The maximum Gasteiger partial charge on any atom is 0.303 e. The summed E-state index contributed by atoms with van der Waals surface area (Å²) in [6.45, 7) is 7.10. The Hall–Kier alpha value is -1.24. The van der Waals surface area contributed by atoms with Crippen molar-refractivity contribution in [3.05, 3.63) is 11.6 Å². The molecule has 4 rings (SSSR count). The highest BCUT2D eigenvalue weighted by atomic mass is 16.6. The topological polar surface area (TPSA) is 82.1 Å². The van der Waals surface area contributed by atoms with Gasteiger partial charge >= 0.3 is 5.97 Å². The van der Waals surface area contributed by atoms with Crippen LogP contribution in [0.3, 0.4) is 0 Å². The number of ether oxygens (including phenoxy) is 3. The smallest absolute Gasteiger partial charge is 0.303 e. The van der Waals surface area contributed by atoms with Crippen LogP contribution in [0.4, 0.5) is 0 Å². The first-order valence-corrected chi connectivity index (χ1v) is 12.0. The van der Waals surface area contributed by atoms with Gasteiger partial charge in [0, 0.05) is 31.3 Å². The van der Waals surface area contributed by atoms with E-state index in [2.05, 4.69) is 19.9 Å². The van der Waals surface area contributed by atoms with Gasteiger partial charge in [0.2, 0.25) is 0 Å². The fourth-order valence-electron chi connectivity index (χ4n) is 6.93. The molecule has 6 heteroatoms. The molecule has 1 saturated heterocycles. The summed E-state index contributed by atoms with van der Waals surface area (Å²) in [5, 5.41) is 11.2. The van der Waals surface area contributed by atoms with Crippen LogP contribution in [0.25, 0.3) is 0 Å². The maximum atomic E-state index is 11.6. The Morgan fingerprint density at radius 2 is 2.10 bits per heavy atom. The molecule has 6 nitrogen and oxygen atoms in total. The van der Waals surface area contributed by atoms with Crippen LogP contribution in [0.15, 0.2) is 11.6 Å². The number of aldehydes is 1. The van der Waals surface area contributed by atoms with Crippen LogP contribution in [0.1, 0.15) is 72.1 Å². The molecule has 0 aromatic rings. The predicted molar refractivity (Wildman–Crippen MR) is 115 cm³/mol. The number of hydrogen-bond donors (Lipinski definition) is 1. The monoisotopic (exact) mass is 434 g/mol. The van der Waals surface area contributed by atoms with Gasteiger partial charge in [0.1, 0.15) is 12.4 Å². The van der Waals surface area contributed by atoms with E-state index in [1.54, 1.807) is 0 Å². The Morgan fingerprint density at radius 1 is 1.29 bits per heavy atom. The third kappa shape index (κ3) is 4.11. The quantitative estimate of drug-likeness (QED) is 0.285. The number of hydrogen-bond acceptors (Lipinski definition) is 6. The predicted octanol–water partition coefficient (Wildman–Crippen LogP) is 3.59. The fraction of sp³-hybridized carbons (Fsp3) is 0.840. The molecular weight excluding hydrogens is 396 g/mol. The lowest BCUT2D eigenvalue weighted by atomic mass is 9.49. The van der Waals surface area contributed by atoms with Crippen molar-refractivity contribution in [2.24, 2.45) is 22.7 Å². The maximum absolute atomic E-state index is 11.6. The van der Waals surface area contributed by atoms with Crippen molar-refractivity contribution >= 4 is 12.3 Å². The molecule has 1 N–H and O–H groups in total. The van der Waals surface area contributed by atoms with Crippen molar-refractivity contribution in [3.8, 4) is 0 Å². The Morgan fingerprint density at radius 3 is 2.84 bits per heavy atom. The third-order valence-corrected chi connectivity index (χ3v) is 8.75. The summed E-state index contributed by atoms with van der Waals surface area (Å²) in [6.07, 6.45) is 9.71. The first-order chi connectivity index (χ1) is 14.8. The molecule has 0 radical (unpaired) electrons. The van der Waals surface area contributed by atoms with Crippen molar-refractivity contribution in [1.29, 1.82) is 0 Å². The van der Waals surface area contributed by atoms with Crippen molar-refractivity contribution in [2.45, 2.75) is 96.6 Å². The van der Waals surface area contributed by atoms with Crippen molar-refractivity contribution in [2.75, 3.05) is 13.2 Å². The summed E-state index contributed by atoms with van der Waals surface area (Å²) in [5.41, 5.74) is 1.16. The molecule has 3 unspecified atom stereocenters. The van der Waals surface area contributed by atoms with E-state index in [-0.39, 0.29) is 41.0 Å². The molecule has 0 aromatic carbocycles. The molecule has 0 aromatic heterocycles. The molecule has 3 fully saturated rings. The first-order valence-electron chi connectivity index (χ1n) is 12.0. The van der Waals surface area contributed by atoms with E-state index in [4.69, 9.17) is 14.2 Å². The largest absolute Gasteiger partial charge is 0.459 e. The van der Waals surface area contributed by atoms with Crippen LogP contribution < -0.4 is 0 Å². The van der Waals surface area contributed by atoms with Gasteiger partial charge in [-0.05, 0) is 56.3 Å². The molecule has 8 atom stereocenters. The minimum absolute atomic E-state index is 0.0360. The summed E-state index contributed by atoms with van der Waals surface area (Å²) in [4.78, 5) is 22.1. The molecule has 0 bridgehead atoms. The fourth-order valence-corrected chi connectivity index (χ4v) is 6.93. The second-order valence-electron chi connectivity index (χ2n) is 10.6. The zero-order chi connectivity index (χ0) is 22.2. The van der Waals surface area contributed by atoms with Gasteiger partial charge in [-0.25, -0.2) is 0 Å². The molecule has 0 spiro atoms. The van der Waals surface area contributed by atoms with E-state index < -0.39 is 6.10 Å². The van der Waals surface area contributed by atoms with Crippen molar-refractivity contribution < 1.29 is 28.9 Å². The van der Waals surface area contributed by atoms with E-state index in [1.807, 2.05) is 0 Å². The summed E-state index contributed by atoms with van der Waals surface area (Å²) < 4.78 is 18.0. The number of fused-ring (bicyclic) bond motifs is 5. The highest BCUT2D eigenvalue weighted by Crippen LogP contribution is 2.62. The molecule has 31 heavy (non-hydrogen) atoms. The highest BCUT2D eigenvalue weighted by molar-refractivity contribution is 5.66. The van der Waals surface area contributed by atoms with Crippen molar-refractivity contribution in [3.63, 3.8) is 0 Å². The van der Waals surface area contributed by atoms with Gasteiger partial charge in [0.15, 0.2) is 0 Å². The molecule has 174 valence electrons. The van der Waals surface area contributed by atoms with Gasteiger partial charge in [-0.15, -0.1) is 0 Å².